The molecule has 158 valence electrons. The van der Waals surface area contributed by atoms with Gasteiger partial charge in [0.25, 0.3) is 0 Å². The van der Waals surface area contributed by atoms with Crippen LogP contribution >= 0.6 is 0 Å². The Morgan fingerprint density at radius 1 is 1.13 bits per heavy atom. The maximum atomic E-state index is 13.3. The molecule has 1 atom stereocenters. The standard InChI is InChI=1S/C26H32N2O2/c1-24(2,3)22-13-16-12-18(7-8-20(16)28-22)27-23(29)26(10-11-26)17-6-9-21-19(14-17)25(4,5)15-30-21/h6-9,12,14,22,28H,10-11,13,15H2,1-5H3,(H,27,29). The van der Waals surface area contributed by atoms with E-state index >= 15 is 0 Å². The Bertz CT molecular complexity index is 1030. The molecule has 1 amide bonds. The van der Waals surface area contributed by atoms with Gasteiger partial charge >= 0.3 is 0 Å². The van der Waals surface area contributed by atoms with Gasteiger partial charge in [-0.25, -0.2) is 0 Å². The molecule has 1 saturated carbocycles. The summed E-state index contributed by atoms with van der Waals surface area (Å²) in [6.45, 7) is 11.9. The third-order valence-corrected chi connectivity index (χ3v) is 7.20. The Morgan fingerprint density at radius 2 is 1.90 bits per heavy atom. The first kappa shape index (κ1) is 19.5. The summed E-state index contributed by atoms with van der Waals surface area (Å²) in [5.41, 5.74) is 5.50. The van der Waals surface area contributed by atoms with Crippen LogP contribution in [0.4, 0.5) is 11.4 Å². The highest BCUT2D eigenvalue weighted by Crippen LogP contribution is 2.51. The lowest BCUT2D eigenvalue weighted by atomic mass is 9.83. The minimum Gasteiger partial charge on any atom is -0.492 e. The fourth-order valence-electron chi connectivity index (χ4n) is 4.80. The van der Waals surface area contributed by atoms with Crippen LogP contribution in [0.1, 0.15) is 64.2 Å². The monoisotopic (exact) mass is 404 g/mol. The molecule has 0 saturated heterocycles. The van der Waals surface area contributed by atoms with Crippen LogP contribution in [-0.4, -0.2) is 18.6 Å². The Morgan fingerprint density at radius 3 is 2.60 bits per heavy atom. The molecule has 0 aromatic heterocycles. The number of hydrogen-bond donors (Lipinski definition) is 2. The van der Waals surface area contributed by atoms with Crippen LogP contribution in [0.25, 0.3) is 0 Å². The van der Waals surface area contributed by atoms with Gasteiger partial charge in [0.05, 0.1) is 12.0 Å². The zero-order chi connectivity index (χ0) is 21.3. The van der Waals surface area contributed by atoms with Gasteiger partial charge in [0.1, 0.15) is 5.75 Å². The predicted octanol–water partition coefficient (Wildman–Crippen LogP) is 5.41. The van der Waals surface area contributed by atoms with Gasteiger partial charge in [0.2, 0.25) is 5.91 Å². The minimum absolute atomic E-state index is 0.00548. The molecule has 5 rings (SSSR count). The summed E-state index contributed by atoms with van der Waals surface area (Å²) in [6, 6.07) is 13.0. The summed E-state index contributed by atoms with van der Waals surface area (Å²) in [6.07, 6.45) is 2.79. The van der Waals surface area contributed by atoms with E-state index in [9.17, 15) is 4.79 Å². The molecule has 4 nitrogen and oxygen atoms in total. The van der Waals surface area contributed by atoms with E-state index in [4.69, 9.17) is 4.74 Å². The van der Waals surface area contributed by atoms with Crippen LogP contribution in [-0.2, 0) is 22.0 Å². The van der Waals surface area contributed by atoms with E-state index < -0.39 is 5.41 Å². The number of carbonyl (C=O) groups excluding carboxylic acids is 1. The van der Waals surface area contributed by atoms with Crippen molar-refractivity contribution in [3.05, 3.63) is 53.1 Å². The maximum absolute atomic E-state index is 13.3. The Labute approximate surface area is 179 Å². The number of hydrogen-bond acceptors (Lipinski definition) is 3. The number of benzene rings is 2. The fraction of sp³-hybridized carbons (Fsp3) is 0.500. The van der Waals surface area contributed by atoms with Gasteiger partial charge in [-0.15, -0.1) is 0 Å². The van der Waals surface area contributed by atoms with E-state index in [1.807, 2.05) is 12.1 Å². The van der Waals surface area contributed by atoms with E-state index in [1.54, 1.807) is 0 Å². The lowest BCUT2D eigenvalue weighted by molar-refractivity contribution is -0.118. The third-order valence-electron chi connectivity index (χ3n) is 7.20. The highest BCUT2D eigenvalue weighted by Gasteiger charge is 2.52. The second-order valence-corrected chi connectivity index (χ2v) is 11.1. The fourth-order valence-corrected chi connectivity index (χ4v) is 4.80. The third kappa shape index (κ3) is 3.08. The Kier molecular flexibility index (Phi) is 4.06. The Balaban J connectivity index is 1.36. The summed E-state index contributed by atoms with van der Waals surface area (Å²) in [7, 11) is 0. The van der Waals surface area contributed by atoms with Gasteiger partial charge in [-0.1, -0.05) is 46.8 Å². The van der Waals surface area contributed by atoms with Gasteiger partial charge in [0, 0.05) is 28.4 Å². The van der Waals surface area contributed by atoms with Crippen LogP contribution in [0, 0.1) is 5.41 Å². The van der Waals surface area contributed by atoms with Crippen LogP contribution in [0.15, 0.2) is 36.4 Å². The van der Waals surface area contributed by atoms with Crippen molar-refractivity contribution in [1.82, 2.24) is 0 Å². The number of carbonyl (C=O) groups is 1. The summed E-state index contributed by atoms with van der Waals surface area (Å²) in [5, 5.41) is 6.85. The summed E-state index contributed by atoms with van der Waals surface area (Å²) >= 11 is 0. The number of fused-ring (bicyclic) bond motifs is 2. The second kappa shape index (κ2) is 6.26. The summed E-state index contributed by atoms with van der Waals surface area (Å²) < 4.78 is 5.83. The average Bonchev–Trinajstić information content (AvgIpc) is 3.29. The zero-order valence-electron chi connectivity index (χ0n) is 18.7. The van der Waals surface area contributed by atoms with E-state index in [0.29, 0.717) is 12.6 Å². The van der Waals surface area contributed by atoms with Crippen molar-refractivity contribution in [2.24, 2.45) is 5.41 Å². The van der Waals surface area contributed by atoms with E-state index in [-0.39, 0.29) is 16.7 Å². The first-order valence-electron chi connectivity index (χ1n) is 11.1. The second-order valence-electron chi connectivity index (χ2n) is 11.1. The molecule has 1 unspecified atom stereocenters. The van der Waals surface area contributed by atoms with Crippen molar-refractivity contribution < 1.29 is 9.53 Å². The van der Waals surface area contributed by atoms with Gasteiger partial charge in [0.15, 0.2) is 0 Å². The zero-order valence-corrected chi connectivity index (χ0v) is 18.7. The van der Waals surface area contributed by atoms with Crippen molar-refractivity contribution in [2.45, 2.75) is 70.8 Å². The largest absolute Gasteiger partial charge is 0.492 e. The van der Waals surface area contributed by atoms with Crippen molar-refractivity contribution in [2.75, 3.05) is 17.2 Å². The van der Waals surface area contributed by atoms with E-state index in [1.165, 1.54) is 16.8 Å². The van der Waals surface area contributed by atoms with Gasteiger partial charge in [-0.3, -0.25) is 4.79 Å². The topological polar surface area (TPSA) is 50.4 Å². The molecule has 30 heavy (non-hydrogen) atoms. The molecular formula is C26H32N2O2. The lowest BCUT2D eigenvalue weighted by Gasteiger charge is -2.27. The smallest absolute Gasteiger partial charge is 0.235 e. The molecule has 1 aliphatic carbocycles. The van der Waals surface area contributed by atoms with Crippen molar-refractivity contribution >= 4 is 17.3 Å². The molecule has 1 fully saturated rings. The number of anilines is 2. The molecule has 2 aromatic carbocycles. The van der Waals surface area contributed by atoms with Gasteiger partial charge in [-0.05, 0) is 60.1 Å². The number of rotatable bonds is 3. The van der Waals surface area contributed by atoms with Gasteiger partial charge in [-0.2, -0.15) is 0 Å². The van der Waals surface area contributed by atoms with Gasteiger partial charge < -0.3 is 15.4 Å². The summed E-state index contributed by atoms with van der Waals surface area (Å²) in [5.74, 6) is 1.07. The molecule has 3 aliphatic rings. The van der Waals surface area contributed by atoms with E-state index in [2.05, 4.69) is 69.5 Å². The Hall–Kier alpha value is -2.49. The first-order valence-corrected chi connectivity index (χ1v) is 11.1. The first-order chi connectivity index (χ1) is 14.1. The normalized spacial score (nSPS) is 22.5. The quantitative estimate of drug-likeness (QED) is 0.719. The molecule has 2 aromatic rings. The molecule has 4 heteroatoms. The molecule has 0 bridgehead atoms. The van der Waals surface area contributed by atoms with Crippen LogP contribution in [0.2, 0.25) is 0 Å². The van der Waals surface area contributed by atoms with Crippen LogP contribution in [0.5, 0.6) is 5.75 Å². The van der Waals surface area contributed by atoms with Crippen LogP contribution in [0.3, 0.4) is 0 Å². The van der Waals surface area contributed by atoms with Crippen molar-refractivity contribution in [1.29, 1.82) is 0 Å². The molecule has 0 radical (unpaired) electrons. The highest BCUT2D eigenvalue weighted by molar-refractivity contribution is 6.01. The van der Waals surface area contributed by atoms with Crippen molar-refractivity contribution in [3.8, 4) is 5.75 Å². The van der Waals surface area contributed by atoms with E-state index in [0.717, 1.165) is 36.3 Å². The minimum atomic E-state index is -0.404. The average molecular weight is 405 g/mol. The maximum Gasteiger partial charge on any atom is 0.235 e. The lowest BCUT2D eigenvalue weighted by Crippen LogP contribution is -2.31. The van der Waals surface area contributed by atoms with Crippen molar-refractivity contribution in [3.63, 3.8) is 0 Å². The highest BCUT2D eigenvalue weighted by atomic mass is 16.5. The SMILES string of the molecule is CC1(C)COc2ccc(C3(C(=O)Nc4ccc5c(c4)CC(C(C)(C)C)N5)CC3)cc21. The number of ether oxygens (including phenoxy) is 1. The summed E-state index contributed by atoms with van der Waals surface area (Å²) in [4.78, 5) is 13.3. The molecule has 2 heterocycles. The number of amides is 1. The molecule has 0 spiro atoms. The molecule has 2 N–H and O–H groups in total. The molecular weight excluding hydrogens is 372 g/mol. The molecule has 2 aliphatic heterocycles. The number of nitrogens with one attached hydrogen (secondary N) is 2. The van der Waals surface area contributed by atoms with Crippen LogP contribution < -0.4 is 15.4 Å². The predicted molar refractivity (Wildman–Crippen MR) is 122 cm³/mol.